The number of hydrogen-bond donors (Lipinski definition) is 1. The summed E-state index contributed by atoms with van der Waals surface area (Å²) in [5.41, 5.74) is 7.63. The molecule has 1 nitrogen and oxygen atoms in total. The Morgan fingerprint density at radius 3 is 2.50 bits per heavy atom. The Hall–Kier alpha value is -2.02. The topological polar surface area (TPSA) is 15.8 Å². The van der Waals surface area contributed by atoms with Gasteiger partial charge in [-0.15, -0.1) is 0 Å². The summed E-state index contributed by atoms with van der Waals surface area (Å²) in [4.78, 5) is 3.48. The Labute approximate surface area is 108 Å². The smallest absolute Gasteiger partial charge is 0.0462 e. The molecule has 0 radical (unpaired) electrons. The van der Waals surface area contributed by atoms with E-state index < -0.39 is 0 Å². The average molecular weight is 235 g/mol. The first-order chi connectivity index (χ1) is 8.74. The maximum atomic E-state index is 3.48. The molecular weight excluding hydrogens is 218 g/mol. The van der Waals surface area contributed by atoms with Gasteiger partial charge in [0.1, 0.15) is 0 Å². The zero-order valence-corrected chi connectivity index (χ0v) is 10.8. The Balaban J connectivity index is 2.02. The van der Waals surface area contributed by atoms with Crippen LogP contribution in [0.2, 0.25) is 0 Å². The molecule has 0 saturated carbocycles. The predicted octanol–water partition coefficient (Wildman–Crippen LogP) is 4.64. The Morgan fingerprint density at radius 1 is 1.06 bits per heavy atom. The van der Waals surface area contributed by atoms with Crippen LogP contribution in [0.5, 0.6) is 0 Å². The van der Waals surface area contributed by atoms with Gasteiger partial charge in [0.2, 0.25) is 0 Å². The first-order valence-corrected chi connectivity index (χ1v) is 6.38. The number of aryl methyl sites for hydroxylation is 2. The van der Waals surface area contributed by atoms with E-state index in [1.807, 2.05) is 0 Å². The molecule has 0 fully saturated rings. The number of H-pyrrole nitrogens is 1. The lowest BCUT2D eigenvalue weighted by atomic mass is 10.1. The zero-order chi connectivity index (χ0) is 12.5. The van der Waals surface area contributed by atoms with Crippen molar-refractivity contribution in [3.05, 3.63) is 65.4 Å². The molecule has 0 bridgehead atoms. The van der Waals surface area contributed by atoms with Crippen LogP contribution < -0.4 is 0 Å². The van der Waals surface area contributed by atoms with Gasteiger partial charge in [-0.3, -0.25) is 0 Å². The molecule has 1 aliphatic rings. The number of aromatic nitrogens is 1. The van der Waals surface area contributed by atoms with E-state index >= 15 is 0 Å². The number of aromatic amines is 1. The Bertz CT molecular complexity index is 624. The fourth-order valence-corrected chi connectivity index (χ4v) is 2.40. The lowest BCUT2D eigenvalue weighted by molar-refractivity contribution is 1.25. The van der Waals surface area contributed by atoms with Gasteiger partial charge >= 0.3 is 0 Å². The maximum absolute atomic E-state index is 3.48. The minimum Gasteiger partial charge on any atom is -0.358 e. The van der Waals surface area contributed by atoms with Gasteiger partial charge in [-0.05, 0) is 37.5 Å². The van der Waals surface area contributed by atoms with Crippen molar-refractivity contribution < 1.29 is 0 Å². The highest BCUT2D eigenvalue weighted by Crippen LogP contribution is 2.29. The maximum Gasteiger partial charge on any atom is 0.0462 e. The van der Waals surface area contributed by atoms with Gasteiger partial charge in [-0.1, -0.05) is 48.1 Å². The molecule has 0 amide bonds. The van der Waals surface area contributed by atoms with Crippen LogP contribution in [0.4, 0.5) is 0 Å². The van der Waals surface area contributed by atoms with Crippen molar-refractivity contribution in [1.82, 2.24) is 4.98 Å². The Morgan fingerprint density at radius 2 is 1.83 bits per heavy atom. The van der Waals surface area contributed by atoms with Crippen LogP contribution in [0.15, 0.2) is 48.6 Å². The summed E-state index contributed by atoms with van der Waals surface area (Å²) in [7, 11) is 0. The van der Waals surface area contributed by atoms with Crippen molar-refractivity contribution in [1.29, 1.82) is 0 Å². The van der Waals surface area contributed by atoms with Crippen molar-refractivity contribution in [3.8, 4) is 11.3 Å². The lowest BCUT2D eigenvalue weighted by Crippen LogP contribution is -1.79. The zero-order valence-electron chi connectivity index (χ0n) is 10.8. The van der Waals surface area contributed by atoms with E-state index in [1.165, 1.54) is 33.7 Å². The summed E-state index contributed by atoms with van der Waals surface area (Å²) in [6.07, 6.45) is 7.73. The summed E-state index contributed by atoms with van der Waals surface area (Å²) in [6.45, 7) is 4.25. The quantitative estimate of drug-likeness (QED) is 0.780. The molecule has 18 heavy (non-hydrogen) atoms. The monoisotopic (exact) mass is 235 g/mol. The van der Waals surface area contributed by atoms with E-state index in [4.69, 9.17) is 0 Å². The van der Waals surface area contributed by atoms with Gasteiger partial charge in [-0.2, -0.15) is 0 Å². The van der Waals surface area contributed by atoms with Crippen LogP contribution in [0.3, 0.4) is 0 Å². The molecule has 1 aliphatic carbocycles. The van der Waals surface area contributed by atoms with E-state index in [-0.39, 0.29) is 0 Å². The first-order valence-electron chi connectivity index (χ1n) is 6.38. The highest BCUT2D eigenvalue weighted by molar-refractivity contribution is 5.80. The van der Waals surface area contributed by atoms with Crippen molar-refractivity contribution >= 4 is 5.57 Å². The van der Waals surface area contributed by atoms with Crippen molar-refractivity contribution in [3.63, 3.8) is 0 Å². The average Bonchev–Trinajstić information content (AvgIpc) is 2.99. The van der Waals surface area contributed by atoms with Crippen molar-refractivity contribution in [2.45, 2.75) is 20.3 Å². The van der Waals surface area contributed by atoms with Crippen LogP contribution >= 0.6 is 0 Å². The number of allylic oxidation sites excluding steroid dienone is 4. The third-order valence-corrected chi connectivity index (χ3v) is 3.46. The summed E-state index contributed by atoms with van der Waals surface area (Å²) in [6, 6.07) is 10.9. The molecule has 1 N–H and O–H groups in total. The normalized spacial score (nSPS) is 14.0. The fourth-order valence-electron chi connectivity index (χ4n) is 2.40. The molecule has 0 spiro atoms. The number of hydrogen-bond acceptors (Lipinski definition) is 0. The SMILES string of the molecule is Cc1ccc(-c2cc(C3=CCC=C3)c(C)[nH]2)cc1. The van der Waals surface area contributed by atoms with Gasteiger partial charge in [-0.25, -0.2) is 0 Å². The van der Waals surface area contributed by atoms with Gasteiger partial charge < -0.3 is 4.98 Å². The minimum absolute atomic E-state index is 1.06. The minimum atomic E-state index is 1.06. The van der Waals surface area contributed by atoms with Crippen LogP contribution in [-0.2, 0) is 0 Å². The van der Waals surface area contributed by atoms with E-state index in [0.717, 1.165) is 6.42 Å². The molecule has 1 heteroatoms. The summed E-state index contributed by atoms with van der Waals surface area (Å²) in [5.74, 6) is 0. The fraction of sp³-hybridized carbons (Fsp3) is 0.176. The molecule has 90 valence electrons. The molecule has 1 aromatic heterocycles. The molecule has 0 aliphatic heterocycles. The number of rotatable bonds is 2. The van der Waals surface area contributed by atoms with Crippen LogP contribution in [0, 0.1) is 13.8 Å². The van der Waals surface area contributed by atoms with E-state index in [2.05, 4.69) is 67.4 Å². The molecule has 0 unspecified atom stereocenters. The second kappa shape index (κ2) is 4.34. The third kappa shape index (κ3) is 1.92. The van der Waals surface area contributed by atoms with Crippen molar-refractivity contribution in [2.75, 3.05) is 0 Å². The number of benzene rings is 1. The standard InChI is InChI=1S/C17H17N/c1-12-7-9-15(10-8-12)17-11-16(13(2)18-17)14-5-3-4-6-14/h3,5-11,18H,4H2,1-2H3. The van der Waals surface area contributed by atoms with Crippen molar-refractivity contribution in [2.24, 2.45) is 0 Å². The molecule has 0 atom stereocenters. The molecule has 3 rings (SSSR count). The second-order valence-electron chi connectivity index (χ2n) is 4.89. The molecule has 2 aromatic rings. The van der Waals surface area contributed by atoms with E-state index in [9.17, 15) is 0 Å². The second-order valence-corrected chi connectivity index (χ2v) is 4.89. The molecular formula is C17H17N. The molecule has 1 aromatic carbocycles. The van der Waals surface area contributed by atoms with Crippen LogP contribution in [-0.4, -0.2) is 4.98 Å². The predicted molar refractivity (Wildman–Crippen MR) is 77.4 cm³/mol. The van der Waals surface area contributed by atoms with Crippen LogP contribution in [0.25, 0.3) is 16.8 Å². The van der Waals surface area contributed by atoms with Gasteiger partial charge in [0.15, 0.2) is 0 Å². The van der Waals surface area contributed by atoms with Crippen LogP contribution in [0.1, 0.15) is 23.2 Å². The molecule has 0 saturated heterocycles. The number of nitrogens with one attached hydrogen (secondary N) is 1. The van der Waals surface area contributed by atoms with Gasteiger partial charge in [0.05, 0.1) is 0 Å². The Kier molecular flexibility index (Phi) is 2.67. The highest BCUT2D eigenvalue weighted by Gasteiger charge is 2.10. The van der Waals surface area contributed by atoms with Gasteiger partial charge in [0.25, 0.3) is 0 Å². The van der Waals surface area contributed by atoms with E-state index in [1.54, 1.807) is 0 Å². The molecule has 1 heterocycles. The summed E-state index contributed by atoms with van der Waals surface area (Å²) in [5, 5.41) is 0. The summed E-state index contributed by atoms with van der Waals surface area (Å²) >= 11 is 0. The highest BCUT2D eigenvalue weighted by atomic mass is 14.7. The summed E-state index contributed by atoms with van der Waals surface area (Å²) < 4.78 is 0. The van der Waals surface area contributed by atoms with E-state index in [0.29, 0.717) is 0 Å². The largest absolute Gasteiger partial charge is 0.358 e. The first kappa shape index (κ1) is 11.1. The third-order valence-electron chi connectivity index (χ3n) is 3.46. The lowest BCUT2D eigenvalue weighted by Gasteiger charge is -1.98. The van der Waals surface area contributed by atoms with Gasteiger partial charge in [0, 0.05) is 17.0 Å².